The van der Waals surface area contributed by atoms with Gasteiger partial charge in [0.15, 0.2) is 0 Å². The van der Waals surface area contributed by atoms with Crippen LogP contribution in [-0.4, -0.2) is 40.9 Å². The van der Waals surface area contributed by atoms with Crippen molar-refractivity contribution in [1.82, 2.24) is 4.90 Å². The van der Waals surface area contributed by atoms with Gasteiger partial charge in [-0.2, -0.15) is 0 Å². The number of esters is 1. The Bertz CT molecular complexity index is 1180. The van der Waals surface area contributed by atoms with Gasteiger partial charge in [0.25, 0.3) is 11.8 Å². The predicted molar refractivity (Wildman–Crippen MR) is 122 cm³/mol. The first-order chi connectivity index (χ1) is 16.0. The highest BCUT2D eigenvalue weighted by molar-refractivity contribution is 6.11. The van der Waals surface area contributed by atoms with Crippen LogP contribution in [0.1, 0.15) is 27.9 Å². The number of anilines is 1. The number of hydrogen-bond donors (Lipinski definition) is 1. The number of rotatable bonds is 6. The van der Waals surface area contributed by atoms with E-state index >= 15 is 0 Å². The molecule has 7 heteroatoms. The van der Waals surface area contributed by atoms with Gasteiger partial charge in [-0.25, -0.2) is 0 Å². The largest absolute Gasteiger partial charge is 0.508 e. The van der Waals surface area contributed by atoms with Gasteiger partial charge in [-0.15, -0.1) is 0 Å². The van der Waals surface area contributed by atoms with E-state index in [1.807, 2.05) is 30.3 Å². The molecule has 1 aliphatic rings. The summed E-state index contributed by atoms with van der Waals surface area (Å²) in [6.45, 7) is 0.301. The molecule has 7 nitrogen and oxygen atoms in total. The average Bonchev–Trinajstić information content (AvgIpc) is 2.90. The first kappa shape index (κ1) is 22.1. The molecule has 1 aliphatic heterocycles. The molecule has 0 radical (unpaired) electrons. The van der Waals surface area contributed by atoms with Crippen LogP contribution >= 0.6 is 0 Å². The molecule has 0 aromatic heterocycles. The van der Waals surface area contributed by atoms with E-state index in [1.54, 1.807) is 41.3 Å². The van der Waals surface area contributed by atoms with Crippen molar-refractivity contribution < 1.29 is 24.2 Å². The molecule has 0 fully saturated rings. The van der Waals surface area contributed by atoms with Crippen LogP contribution in [0.25, 0.3) is 0 Å². The Labute approximate surface area is 191 Å². The molecule has 1 heterocycles. The summed E-state index contributed by atoms with van der Waals surface area (Å²) in [4.78, 5) is 42.7. The van der Waals surface area contributed by atoms with E-state index in [9.17, 15) is 19.5 Å². The molecule has 1 atom stereocenters. The highest BCUT2D eigenvalue weighted by atomic mass is 16.5. The summed E-state index contributed by atoms with van der Waals surface area (Å²) in [6, 6.07) is 21.8. The fourth-order valence-electron chi connectivity index (χ4n) is 4.02. The Morgan fingerprint density at radius 2 is 1.61 bits per heavy atom. The smallest absolute Gasteiger partial charge is 0.308 e. The van der Waals surface area contributed by atoms with E-state index in [1.165, 1.54) is 24.1 Å². The van der Waals surface area contributed by atoms with Crippen LogP contribution in [0.5, 0.6) is 5.75 Å². The quantitative estimate of drug-likeness (QED) is 0.588. The lowest BCUT2D eigenvalue weighted by Crippen LogP contribution is -2.49. The van der Waals surface area contributed by atoms with Crippen LogP contribution in [0.15, 0.2) is 78.9 Å². The lowest BCUT2D eigenvalue weighted by atomic mass is 10.1. The van der Waals surface area contributed by atoms with Gasteiger partial charge in [0, 0.05) is 6.54 Å². The number of hydrogen-bond acceptors (Lipinski definition) is 5. The summed E-state index contributed by atoms with van der Waals surface area (Å²) in [5, 5.41) is 9.88. The van der Waals surface area contributed by atoms with Gasteiger partial charge < -0.3 is 19.6 Å². The number of phenols is 1. The molecule has 33 heavy (non-hydrogen) atoms. The zero-order valence-electron chi connectivity index (χ0n) is 18.2. The topological polar surface area (TPSA) is 87.2 Å². The molecule has 3 aromatic rings. The second kappa shape index (κ2) is 9.56. The lowest BCUT2D eigenvalue weighted by molar-refractivity contribution is -0.144. The molecule has 0 saturated heterocycles. The second-order valence-corrected chi connectivity index (χ2v) is 7.83. The molecule has 0 saturated carbocycles. The van der Waals surface area contributed by atoms with Crippen molar-refractivity contribution >= 4 is 23.5 Å². The van der Waals surface area contributed by atoms with Gasteiger partial charge in [-0.05, 0) is 35.4 Å². The van der Waals surface area contributed by atoms with Crippen LogP contribution in [0.4, 0.5) is 5.69 Å². The number of ether oxygens (including phenoxy) is 1. The standard InChI is InChI=1S/C26H24N2O5/c1-33-24(30)15-23-26(32)27(16-18-8-3-2-4-9-18)22-13-6-5-12-21(22)25(31)28(23)17-19-10-7-11-20(29)14-19/h2-14,23,29H,15-17H2,1H3/t23-/m0/s1. The average molecular weight is 444 g/mol. The van der Waals surface area contributed by atoms with Gasteiger partial charge in [-0.3, -0.25) is 14.4 Å². The van der Waals surface area contributed by atoms with Gasteiger partial charge in [-0.1, -0.05) is 54.6 Å². The van der Waals surface area contributed by atoms with Crippen LogP contribution in [0, 0.1) is 0 Å². The van der Waals surface area contributed by atoms with Crippen LogP contribution in [-0.2, 0) is 27.4 Å². The number of nitrogens with zero attached hydrogens (tertiary/aromatic N) is 2. The molecule has 3 aromatic carbocycles. The van der Waals surface area contributed by atoms with Crippen LogP contribution in [0.3, 0.4) is 0 Å². The number of para-hydroxylation sites is 1. The maximum atomic E-state index is 13.9. The summed E-state index contributed by atoms with van der Waals surface area (Å²) >= 11 is 0. The van der Waals surface area contributed by atoms with Crippen molar-refractivity contribution in [3.63, 3.8) is 0 Å². The third-order valence-corrected chi connectivity index (χ3v) is 5.65. The van der Waals surface area contributed by atoms with Gasteiger partial charge >= 0.3 is 5.97 Å². The molecule has 168 valence electrons. The highest BCUT2D eigenvalue weighted by Gasteiger charge is 2.40. The normalized spacial score (nSPS) is 15.7. The number of benzene rings is 3. The number of aromatic hydroxyl groups is 1. The van der Waals surface area contributed by atoms with Crippen molar-refractivity contribution in [3.05, 3.63) is 95.6 Å². The Kier molecular flexibility index (Phi) is 6.40. The Hall–Kier alpha value is -4.13. The fraction of sp³-hybridized carbons (Fsp3) is 0.192. The minimum atomic E-state index is -1.07. The summed E-state index contributed by atoms with van der Waals surface area (Å²) < 4.78 is 4.84. The van der Waals surface area contributed by atoms with E-state index in [0.29, 0.717) is 16.8 Å². The number of fused-ring (bicyclic) bond motifs is 1. The Balaban J connectivity index is 1.81. The van der Waals surface area contributed by atoms with E-state index in [-0.39, 0.29) is 37.1 Å². The first-order valence-electron chi connectivity index (χ1n) is 10.6. The number of phenolic OH excluding ortho intramolecular Hbond substituents is 1. The summed E-state index contributed by atoms with van der Waals surface area (Å²) in [5.74, 6) is -1.28. The third kappa shape index (κ3) is 4.72. The first-order valence-corrected chi connectivity index (χ1v) is 10.6. The van der Waals surface area contributed by atoms with Crippen LogP contribution in [0.2, 0.25) is 0 Å². The Morgan fingerprint density at radius 1 is 0.909 bits per heavy atom. The summed E-state index contributed by atoms with van der Waals surface area (Å²) in [6.07, 6.45) is -0.279. The SMILES string of the molecule is COC(=O)C[C@H]1C(=O)N(Cc2ccccc2)c2ccccc2C(=O)N1Cc1cccc(O)c1. The molecule has 0 bridgehead atoms. The number of amides is 2. The maximum Gasteiger partial charge on any atom is 0.308 e. The van der Waals surface area contributed by atoms with E-state index < -0.39 is 12.0 Å². The molecule has 0 unspecified atom stereocenters. The monoisotopic (exact) mass is 444 g/mol. The van der Waals surface area contributed by atoms with E-state index in [0.717, 1.165) is 5.56 Å². The van der Waals surface area contributed by atoms with Crippen molar-refractivity contribution in [1.29, 1.82) is 0 Å². The van der Waals surface area contributed by atoms with Crippen molar-refractivity contribution in [3.8, 4) is 5.75 Å². The summed E-state index contributed by atoms with van der Waals surface area (Å²) in [7, 11) is 1.25. The van der Waals surface area contributed by atoms with Gasteiger partial charge in [0.1, 0.15) is 11.8 Å². The lowest BCUT2D eigenvalue weighted by Gasteiger charge is -2.30. The Morgan fingerprint density at radius 3 is 2.33 bits per heavy atom. The molecule has 0 aliphatic carbocycles. The summed E-state index contributed by atoms with van der Waals surface area (Å²) in [5.41, 5.74) is 2.39. The van der Waals surface area contributed by atoms with Crippen LogP contribution < -0.4 is 4.90 Å². The molecular formula is C26H24N2O5. The van der Waals surface area contributed by atoms with Crippen molar-refractivity contribution in [2.45, 2.75) is 25.6 Å². The molecule has 2 amide bonds. The maximum absolute atomic E-state index is 13.9. The highest BCUT2D eigenvalue weighted by Crippen LogP contribution is 2.31. The second-order valence-electron chi connectivity index (χ2n) is 7.83. The number of carbonyl (C=O) groups is 3. The minimum Gasteiger partial charge on any atom is -0.508 e. The van der Waals surface area contributed by atoms with E-state index in [2.05, 4.69) is 0 Å². The number of carbonyl (C=O) groups excluding carboxylic acids is 3. The zero-order valence-corrected chi connectivity index (χ0v) is 18.2. The molecule has 0 spiro atoms. The fourth-order valence-corrected chi connectivity index (χ4v) is 4.02. The minimum absolute atomic E-state index is 0.0497. The number of methoxy groups -OCH3 is 1. The van der Waals surface area contributed by atoms with Gasteiger partial charge in [0.05, 0.1) is 31.3 Å². The zero-order chi connectivity index (χ0) is 23.4. The molecular weight excluding hydrogens is 420 g/mol. The van der Waals surface area contributed by atoms with Crippen molar-refractivity contribution in [2.75, 3.05) is 12.0 Å². The molecule has 4 rings (SSSR count). The molecule has 1 N–H and O–H groups in total. The third-order valence-electron chi connectivity index (χ3n) is 5.65. The predicted octanol–water partition coefficient (Wildman–Crippen LogP) is 3.51. The van der Waals surface area contributed by atoms with E-state index in [4.69, 9.17) is 4.74 Å². The van der Waals surface area contributed by atoms with Crippen molar-refractivity contribution in [2.24, 2.45) is 0 Å². The van der Waals surface area contributed by atoms with Gasteiger partial charge in [0.2, 0.25) is 0 Å².